The summed E-state index contributed by atoms with van der Waals surface area (Å²) in [6, 6.07) is 3.92. The fourth-order valence-corrected chi connectivity index (χ4v) is 2.04. The average Bonchev–Trinajstić information content (AvgIpc) is 2.76. The molecule has 5 heteroatoms. The normalized spacial score (nSPS) is 12.5. The number of aryl methyl sites for hydroxylation is 3. The van der Waals surface area contributed by atoms with Crippen molar-refractivity contribution in [2.75, 3.05) is 0 Å². The van der Waals surface area contributed by atoms with Crippen molar-refractivity contribution < 1.29 is 9.26 Å². The van der Waals surface area contributed by atoms with Gasteiger partial charge in [0.05, 0.1) is 6.04 Å². The first kappa shape index (κ1) is 13.5. The Hall–Kier alpha value is -1.88. The Balaban J connectivity index is 2.10. The third kappa shape index (κ3) is 3.12. The molecule has 1 unspecified atom stereocenters. The van der Waals surface area contributed by atoms with E-state index < -0.39 is 0 Å². The molecule has 0 saturated heterocycles. The van der Waals surface area contributed by atoms with Crippen LogP contribution >= 0.6 is 0 Å². The molecule has 0 bridgehead atoms. The van der Waals surface area contributed by atoms with Crippen molar-refractivity contribution in [1.82, 2.24) is 10.1 Å². The van der Waals surface area contributed by atoms with E-state index in [4.69, 9.17) is 15.0 Å². The van der Waals surface area contributed by atoms with Crippen molar-refractivity contribution in [2.24, 2.45) is 5.73 Å². The molecule has 0 amide bonds. The zero-order chi connectivity index (χ0) is 14.0. The van der Waals surface area contributed by atoms with Gasteiger partial charge in [-0.3, -0.25) is 0 Å². The first-order valence-electron chi connectivity index (χ1n) is 6.26. The lowest BCUT2D eigenvalue weighted by Gasteiger charge is -2.11. The Labute approximate surface area is 112 Å². The van der Waals surface area contributed by atoms with Crippen LogP contribution < -0.4 is 10.5 Å². The van der Waals surface area contributed by atoms with Gasteiger partial charge in [0.15, 0.2) is 6.61 Å². The Kier molecular flexibility index (Phi) is 3.85. The minimum Gasteiger partial charge on any atom is -0.485 e. The molecule has 1 aromatic carbocycles. The Morgan fingerprint density at radius 2 is 1.89 bits per heavy atom. The molecule has 0 fully saturated rings. The Bertz CT molecular complexity index is 553. The van der Waals surface area contributed by atoms with Crippen LogP contribution in [0.25, 0.3) is 0 Å². The van der Waals surface area contributed by atoms with E-state index in [1.54, 1.807) is 6.92 Å². The van der Waals surface area contributed by atoms with Gasteiger partial charge < -0.3 is 15.0 Å². The summed E-state index contributed by atoms with van der Waals surface area (Å²) >= 11 is 0. The smallest absolute Gasteiger partial charge is 0.243 e. The minimum atomic E-state index is -0.260. The second-order valence-electron chi connectivity index (χ2n) is 4.85. The molecule has 1 aromatic heterocycles. The number of nitrogens with zero attached hydrogens (tertiary/aromatic N) is 2. The molecule has 0 aliphatic rings. The van der Waals surface area contributed by atoms with Gasteiger partial charge in [-0.25, -0.2) is 0 Å². The zero-order valence-corrected chi connectivity index (χ0v) is 11.7. The van der Waals surface area contributed by atoms with Gasteiger partial charge in [-0.1, -0.05) is 22.9 Å². The van der Waals surface area contributed by atoms with E-state index in [-0.39, 0.29) is 12.6 Å². The van der Waals surface area contributed by atoms with Crippen molar-refractivity contribution in [1.29, 1.82) is 0 Å². The summed E-state index contributed by atoms with van der Waals surface area (Å²) in [6.07, 6.45) is 0. The zero-order valence-electron chi connectivity index (χ0n) is 11.7. The second kappa shape index (κ2) is 5.40. The van der Waals surface area contributed by atoms with Crippen molar-refractivity contribution in [3.63, 3.8) is 0 Å². The van der Waals surface area contributed by atoms with Gasteiger partial charge in [0, 0.05) is 0 Å². The highest BCUT2D eigenvalue weighted by Gasteiger charge is 2.12. The van der Waals surface area contributed by atoms with Crippen LogP contribution in [0.2, 0.25) is 0 Å². The highest BCUT2D eigenvalue weighted by atomic mass is 16.5. The van der Waals surface area contributed by atoms with Gasteiger partial charge in [0.25, 0.3) is 0 Å². The van der Waals surface area contributed by atoms with Crippen LogP contribution in [0.3, 0.4) is 0 Å². The molecule has 19 heavy (non-hydrogen) atoms. The molecule has 2 aromatic rings. The van der Waals surface area contributed by atoms with Crippen molar-refractivity contribution in [3.8, 4) is 5.75 Å². The van der Waals surface area contributed by atoms with Gasteiger partial charge in [0.2, 0.25) is 11.7 Å². The van der Waals surface area contributed by atoms with E-state index in [1.807, 2.05) is 13.8 Å². The molecular weight excluding hydrogens is 242 g/mol. The summed E-state index contributed by atoms with van der Waals surface area (Å²) in [5.74, 6) is 1.81. The highest BCUT2D eigenvalue weighted by molar-refractivity contribution is 5.42. The monoisotopic (exact) mass is 261 g/mol. The summed E-state index contributed by atoms with van der Waals surface area (Å²) in [7, 11) is 0. The van der Waals surface area contributed by atoms with E-state index in [9.17, 15) is 0 Å². The van der Waals surface area contributed by atoms with Crippen LogP contribution in [0, 0.1) is 20.8 Å². The summed E-state index contributed by atoms with van der Waals surface area (Å²) in [5, 5.41) is 3.84. The summed E-state index contributed by atoms with van der Waals surface area (Å²) < 4.78 is 10.8. The maximum atomic E-state index is 5.78. The number of nitrogens with two attached hydrogens (primary N) is 1. The lowest BCUT2D eigenvalue weighted by molar-refractivity contribution is 0.281. The van der Waals surface area contributed by atoms with Gasteiger partial charge in [-0.05, 0) is 38.8 Å². The van der Waals surface area contributed by atoms with Crippen LogP contribution in [0.4, 0.5) is 0 Å². The molecule has 0 aliphatic heterocycles. The summed E-state index contributed by atoms with van der Waals surface area (Å²) in [5.41, 5.74) is 9.10. The number of hydrogen-bond acceptors (Lipinski definition) is 5. The van der Waals surface area contributed by atoms with E-state index >= 15 is 0 Å². The maximum Gasteiger partial charge on any atom is 0.243 e. The van der Waals surface area contributed by atoms with Gasteiger partial charge in [-0.15, -0.1) is 0 Å². The second-order valence-corrected chi connectivity index (χ2v) is 4.85. The molecule has 2 N–H and O–H groups in total. The Morgan fingerprint density at radius 3 is 2.42 bits per heavy atom. The molecule has 0 spiro atoms. The molecule has 0 aliphatic carbocycles. The predicted octanol–water partition coefficient (Wildman–Crippen LogP) is 2.59. The molecule has 2 rings (SSSR count). The molecule has 0 saturated carbocycles. The molecular formula is C14H19N3O2. The first-order valence-corrected chi connectivity index (χ1v) is 6.26. The number of benzene rings is 1. The fourth-order valence-electron chi connectivity index (χ4n) is 2.04. The van der Waals surface area contributed by atoms with Crippen molar-refractivity contribution in [3.05, 3.63) is 40.5 Å². The lowest BCUT2D eigenvalue weighted by atomic mass is 10.1. The number of hydrogen-bond donors (Lipinski definition) is 1. The fraction of sp³-hybridized carbons (Fsp3) is 0.429. The van der Waals surface area contributed by atoms with E-state index in [1.165, 1.54) is 5.56 Å². The minimum absolute atomic E-state index is 0.260. The quantitative estimate of drug-likeness (QED) is 0.915. The van der Waals surface area contributed by atoms with Crippen molar-refractivity contribution in [2.45, 2.75) is 40.3 Å². The van der Waals surface area contributed by atoms with E-state index in [2.05, 4.69) is 29.2 Å². The predicted molar refractivity (Wildman–Crippen MR) is 71.9 cm³/mol. The maximum absolute atomic E-state index is 5.78. The molecule has 1 atom stereocenters. The third-order valence-corrected chi connectivity index (χ3v) is 2.82. The van der Waals surface area contributed by atoms with Crippen LogP contribution in [0.1, 0.15) is 41.4 Å². The molecule has 1 heterocycles. The van der Waals surface area contributed by atoms with Gasteiger partial charge in [-0.2, -0.15) is 4.98 Å². The standard InChI is InChI=1S/C14H19N3O2/c1-8-5-9(2)13(10(3)6-8)18-7-12-16-14(11(4)15)19-17-12/h5-6,11H,7,15H2,1-4H3. The van der Waals surface area contributed by atoms with E-state index in [0.717, 1.165) is 16.9 Å². The lowest BCUT2D eigenvalue weighted by Crippen LogP contribution is -2.06. The van der Waals surface area contributed by atoms with E-state index in [0.29, 0.717) is 11.7 Å². The molecule has 102 valence electrons. The van der Waals surface area contributed by atoms with Crippen molar-refractivity contribution >= 4 is 0 Å². The number of ether oxygens (including phenoxy) is 1. The Morgan fingerprint density at radius 1 is 1.26 bits per heavy atom. The highest BCUT2D eigenvalue weighted by Crippen LogP contribution is 2.25. The van der Waals surface area contributed by atoms with Crippen LogP contribution in [0.5, 0.6) is 5.75 Å². The van der Waals surface area contributed by atoms with Crippen LogP contribution in [-0.4, -0.2) is 10.1 Å². The summed E-state index contributed by atoms with van der Waals surface area (Å²) in [6.45, 7) is 8.20. The third-order valence-electron chi connectivity index (χ3n) is 2.82. The van der Waals surface area contributed by atoms with Gasteiger partial charge in [0.1, 0.15) is 5.75 Å². The summed E-state index contributed by atoms with van der Waals surface area (Å²) in [4.78, 5) is 4.17. The van der Waals surface area contributed by atoms with Crippen LogP contribution in [-0.2, 0) is 6.61 Å². The molecule has 5 nitrogen and oxygen atoms in total. The van der Waals surface area contributed by atoms with Crippen LogP contribution in [0.15, 0.2) is 16.7 Å². The SMILES string of the molecule is Cc1cc(C)c(OCc2noc(C(C)N)n2)c(C)c1. The first-order chi connectivity index (χ1) is 8.97. The van der Waals surface area contributed by atoms with Gasteiger partial charge >= 0.3 is 0 Å². The average molecular weight is 261 g/mol. The number of rotatable bonds is 4. The topological polar surface area (TPSA) is 74.2 Å². The largest absolute Gasteiger partial charge is 0.485 e. The number of aromatic nitrogens is 2. The molecule has 0 radical (unpaired) electrons.